The first-order valence-electron chi connectivity index (χ1n) is 5.21. The Balaban J connectivity index is 2.69. The van der Waals surface area contributed by atoms with Crippen LogP contribution in [-0.4, -0.2) is 8.07 Å². The third-order valence-corrected chi connectivity index (χ3v) is 9.98. The van der Waals surface area contributed by atoms with Crippen molar-refractivity contribution in [1.29, 1.82) is 0 Å². The average Bonchev–Trinajstić information content (AvgIpc) is 2.34. The maximum Gasteiger partial charge on any atom is 0.0592 e. The van der Waals surface area contributed by atoms with Gasteiger partial charge < -0.3 is 0 Å². The minimum absolute atomic E-state index is 0.562. The molecule has 0 saturated heterocycles. The Bertz CT molecular complexity index is 147. The summed E-state index contributed by atoms with van der Waals surface area (Å²) in [4.78, 5) is 0. The highest BCUT2D eigenvalue weighted by atomic mass is 28.3. The second-order valence-corrected chi connectivity index (χ2v) is 11.1. The van der Waals surface area contributed by atoms with Crippen molar-refractivity contribution in [3.63, 3.8) is 0 Å². The second-order valence-electron chi connectivity index (χ2n) is 5.69. The van der Waals surface area contributed by atoms with Gasteiger partial charge in [0, 0.05) is 0 Å². The molecule has 1 aliphatic carbocycles. The van der Waals surface area contributed by atoms with Gasteiger partial charge in [0.15, 0.2) is 0 Å². The lowest BCUT2D eigenvalue weighted by Gasteiger charge is -2.41. The van der Waals surface area contributed by atoms with Crippen LogP contribution in [-0.2, 0) is 0 Å². The van der Waals surface area contributed by atoms with Crippen LogP contribution >= 0.6 is 0 Å². The molecule has 1 aliphatic rings. The SMILES string of the molecule is CC(C)(C)[Si](C)(C)[C]1CCCC1. The number of hydrogen-bond donors (Lipinski definition) is 0. The molecule has 0 aromatic heterocycles. The maximum atomic E-state index is 2.55. The van der Waals surface area contributed by atoms with Crippen molar-refractivity contribution in [3.8, 4) is 0 Å². The molecule has 1 heteroatoms. The first-order chi connectivity index (χ1) is 5.36. The molecular weight excluding hydrogens is 160 g/mol. The molecule has 0 aromatic rings. The molecule has 0 aromatic carbocycles. The minimum atomic E-state index is -1.06. The van der Waals surface area contributed by atoms with Crippen molar-refractivity contribution >= 4 is 8.07 Å². The summed E-state index contributed by atoms with van der Waals surface area (Å²) in [6.45, 7) is 12.4. The van der Waals surface area contributed by atoms with Crippen molar-refractivity contribution in [3.05, 3.63) is 5.54 Å². The largest absolute Gasteiger partial charge is 0.0686 e. The average molecular weight is 183 g/mol. The number of hydrogen-bond acceptors (Lipinski definition) is 0. The van der Waals surface area contributed by atoms with E-state index >= 15 is 0 Å². The molecule has 1 rings (SSSR count). The third-order valence-electron chi connectivity index (χ3n) is 3.97. The molecule has 1 saturated carbocycles. The lowest BCUT2D eigenvalue weighted by molar-refractivity contribution is 0.708. The predicted molar refractivity (Wildman–Crippen MR) is 58.9 cm³/mol. The van der Waals surface area contributed by atoms with Crippen molar-refractivity contribution in [2.45, 2.75) is 64.6 Å². The Morgan fingerprint density at radius 1 is 1.00 bits per heavy atom. The van der Waals surface area contributed by atoms with Crippen LogP contribution in [0.2, 0.25) is 18.1 Å². The van der Waals surface area contributed by atoms with E-state index in [2.05, 4.69) is 33.9 Å². The zero-order chi connectivity index (χ0) is 9.41. The van der Waals surface area contributed by atoms with Crippen LogP contribution in [0, 0.1) is 5.54 Å². The van der Waals surface area contributed by atoms with Crippen molar-refractivity contribution in [1.82, 2.24) is 0 Å². The maximum absolute atomic E-state index is 2.55. The van der Waals surface area contributed by atoms with E-state index in [1.165, 1.54) is 25.7 Å². The molecule has 71 valence electrons. The van der Waals surface area contributed by atoms with Gasteiger partial charge in [0.25, 0.3) is 0 Å². The van der Waals surface area contributed by atoms with Gasteiger partial charge in [0.1, 0.15) is 0 Å². The molecule has 1 fully saturated rings. The van der Waals surface area contributed by atoms with Crippen molar-refractivity contribution < 1.29 is 0 Å². The van der Waals surface area contributed by atoms with Gasteiger partial charge in [-0.3, -0.25) is 0 Å². The summed E-state index contributed by atoms with van der Waals surface area (Å²) in [5, 5.41) is 0.562. The van der Waals surface area contributed by atoms with E-state index in [1.807, 2.05) is 5.54 Å². The molecule has 0 aliphatic heterocycles. The van der Waals surface area contributed by atoms with E-state index in [4.69, 9.17) is 0 Å². The summed E-state index contributed by atoms with van der Waals surface area (Å²) in [6, 6.07) is 0. The van der Waals surface area contributed by atoms with Gasteiger partial charge in [-0.1, -0.05) is 46.7 Å². The summed E-state index contributed by atoms with van der Waals surface area (Å²) >= 11 is 0. The molecule has 12 heavy (non-hydrogen) atoms. The molecule has 0 N–H and O–H groups in total. The molecule has 0 unspecified atom stereocenters. The molecular formula is C11H23Si. The first-order valence-corrected chi connectivity index (χ1v) is 8.21. The second kappa shape index (κ2) is 3.17. The lowest BCUT2D eigenvalue weighted by Crippen LogP contribution is -2.43. The van der Waals surface area contributed by atoms with Gasteiger partial charge in [0.05, 0.1) is 8.07 Å². The molecule has 0 nitrogen and oxygen atoms in total. The van der Waals surface area contributed by atoms with E-state index in [1.54, 1.807) is 0 Å². The smallest absolute Gasteiger partial charge is 0.0592 e. The van der Waals surface area contributed by atoms with E-state index in [-0.39, 0.29) is 0 Å². The lowest BCUT2D eigenvalue weighted by atomic mass is 10.2. The Labute approximate surface area is 78.8 Å². The Morgan fingerprint density at radius 2 is 1.42 bits per heavy atom. The summed E-state index contributed by atoms with van der Waals surface area (Å²) in [5.74, 6) is 0. The standard InChI is InChI=1S/C11H23Si/c1-11(2,3)12(4,5)10-8-6-7-9-10/h6-9H2,1-5H3. The van der Waals surface area contributed by atoms with Gasteiger partial charge in [-0.05, 0) is 23.4 Å². The van der Waals surface area contributed by atoms with Gasteiger partial charge in [-0.2, -0.15) is 0 Å². The van der Waals surface area contributed by atoms with Crippen LogP contribution in [0.25, 0.3) is 0 Å². The highest BCUT2D eigenvalue weighted by Crippen LogP contribution is 2.47. The van der Waals surface area contributed by atoms with Crippen LogP contribution in [0.3, 0.4) is 0 Å². The quantitative estimate of drug-likeness (QED) is 0.535. The molecule has 0 amide bonds. The summed E-state index contributed by atoms with van der Waals surface area (Å²) in [6.07, 6.45) is 5.80. The van der Waals surface area contributed by atoms with Crippen LogP contribution in [0.4, 0.5) is 0 Å². The normalized spacial score (nSPS) is 21.8. The molecule has 0 atom stereocenters. The Kier molecular flexibility index (Phi) is 2.72. The fourth-order valence-electron chi connectivity index (χ4n) is 1.96. The zero-order valence-electron chi connectivity index (χ0n) is 9.33. The van der Waals surface area contributed by atoms with Gasteiger partial charge in [0.2, 0.25) is 0 Å². The fraction of sp³-hybridized carbons (Fsp3) is 0.909. The molecule has 0 spiro atoms. The Morgan fingerprint density at radius 3 is 1.75 bits per heavy atom. The van der Waals surface area contributed by atoms with E-state index in [0.717, 1.165) is 0 Å². The number of rotatable bonds is 1. The molecule has 0 heterocycles. The van der Waals surface area contributed by atoms with Crippen molar-refractivity contribution in [2.75, 3.05) is 0 Å². The summed E-state index contributed by atoms with van der Waals surface area (Å²) in [7, 11) is -1.06. The Hall–Kier alpha value is 0.217. The van der Waals surface area contributed by atoms with Gasteiger partial charge in [-0.25, -0.2) is 0 Å². The monoisotopic (exact) mass is 183 g/mol. The van der Waals surface area contributed by atoms with Gasteiger partial charge >= 0.3 is 0 Å². The van der Waals surface area contributed by atoms with Crippen LogP contribution in [0.15, 0.2) is 0 Å². The zero-order valence-corrected chi connectivity index (χ0v) is 10.3. The first kappa shape index (κ1) is 10.3. The predicted octanol–water partition coefficient (Wildman–Crippen LogP) is 4.18. The summed E-state index contributed by atoms with van der Waals surface area (Å²) < 4.78 is 0. The highest BCUT2D eigenvalue weighted by molar-refractivity contribution is 6.85. The van der Waals surface area contributed by atoms with Gasteiger partial charge in [-0.15, -0.1) is 0 Å². The van der Waals surface area contributed by atoms with E-state index < -0.39 is 8.07 Å². The minimum Gasteiger partial charge on any atom is -0.0686 e. The molecule has 0 bridgehead atoms. The van der Waals surface area contributed by atoms with Crippen LogP contribution < -0.4 is 0 Å². The summed E-state index contributed by atoms with van der Waals surface area (Å²) in [5.41, 5.74) is 1.94. The van der Waals surface area contributed by atoms with E-state index in [0.29, 0.717) is 5.04 Å². The molecule has 1 radical (unpaired) electrons. The van der Waals surface area contributed by atoms with Crippen LogP contribution in [0.5, 0.6) is 0 Å². The topological polar surface area (TPSA) is 0 Å². The van der Waals surface area contributed by atoms with Crippen molar-refractivity contribution in [2.24, 2.45) is 0 Å². The highest BCUT2D eigenvalue weighted by Gasteiger charge is 2.42. The third kappa shape index (κ3) is 1.76. The van der Waals surface area contributed by atoms with Crippen LogP contribution in [0.1, 0.15) is 46.5 Å². The van der Waals surface area contributed by atoms with E-state index in [9.17, 15) is 0 Å². The fourth-order valence-corrected chi connectivity index (χ4v) is 4.62.